The molecule has 1 fully saturated rings. The zero-order valence-electron chi connectivity index (χ0n) is 16.1. The van der Waals surface area contributed by atoms with Gasteiger partial charge in [-0.25, -0.2) is 14.4 Å². The highest BCUT2D eigenvalue weighted by Crippen LogP contribution is 2.33. The van der Waals surface area contributed by atoms with Crippen molar-refractivity contribution in [3.05, 3.63) is 64.4 Å². The number of hydrogen-bond donors (Lipinski definition) is 2. The highest BCUT2D eigenvalue weighted by molar-refractivity contribution is 7.92. The minimum atomic E-state index is -4.01. The molecule has 162 valence electrons. The van der Waals surface area contributed by atoms with E-state index in [9.17, 15) is 12.8 Å². The second kappa shape index (κ2) is 8.96. The number of benzene rings is 1. The smallest absolute Gasteiger partial charge is 0.280 e. The minimum absolute atomic E-state index is 0.0363. The number of nitrogens with zero attached hydrogens (tertiary/aromatic N) is 3. The van der Waals surface area contributed by atoms with Crippen molar-refractivity contribution in [1.82, 2.24) is 15.3 Å². The number of nitrogens with one attached hydrogen (secondary N) is 2. The maximum absolute atomic E-state index is 13.4. The molecule has 0 radical (unpaired) electrons. The molecule has 0 aliphatic carbocycles. The third-order valence-corrected chi connectivity index (χ3v) is 6.57. The number of rotatable bonds is 5. The Labute approximate surface area is 189 Å². The van der Waals surface area contributed by atoms with E-state index in [1.165, 1.54) is 30.3 Å². The summed E-state index contributed by atoms with van der Waals surface area (Å²) in [5.41, 5.74) is 0.613. The van der Waals surface area contributed by atoms with E-state index in [-0.39, 0.29) is 26.6 Å². The summed E-state index contributed by atoms with van der Waals surface area (Å²) in [7, 11) is -4.01. The summed E-state index contributed by atoms with van der Waals surface area (Å²) >= 11 is 12.3. The second-order valence-electron chi connectivity index (χ2n) is 6.83. The Bertz CT molecular complexity index is 1220. The van der Waals surface area contributed by atoms with E-state index in [4.69, 9.17) is 23.2 Å². The van der Waals surface area contributed by atoms with Crippen LogP contribution in [0.1, 0.15) is 0 Å². The molecule has 0 atom stereocenters. The molecule has 3 aromatic rings. The lowest BCUT2D eigenvalue weighted by molar-refractivity contribution is 0.580. The van der Waals surface area contributed by atoms with Gasteiger partial charge < -0.3 is 10.2 Å². The van der Waals surface area contributed by atoms with Gasteiger partial charge >= 0.3 is 0 Å². The van der Waals surface area contributed by atoms with Crippen LogP contribution in [0.15, 0.2) is 53.6 Å². The van der Waals surface area contributed by atoms with Crippen LogP contribution in [0.3, 0.4) is 0 Å². The summed E-state index contributed by atoms with van der Waals surface area (Å²) in [6.07, 6.45) is 0. The molecule has 2 aromatic heterocycles. The lowest BCUT2D eigenvalue weighted by Gasteiger charge is -2.28. The highest BCUT2D eigenvalue weighted by Gasteiger charge is 2.20. The summed E-state index contributed by atoms with van der Waals surface area (Å²) in [6, 6.07) is 11.6. The monoisotopic (exact) mass is 481 g/mol. The predicted octanol–water partition coefficient (Wildman–Crippen LogP) is 3.80. The summed E-state index contributed by atoms with van der Waals surface area (Å²) in [6.45, 7) is 3.09. The number of hydrogen-bond acceptors (Lipinski definition) is 6. The normalized spacial score (nSPS) is 14.5. The van der Waals surface area contributed by atoms with Crippen LogP contribution in [0.2, 0.25) is 10.0 Å². The maximum Gasteiger partial charge on any atom is 0.280 e. The van der Waals surface area contributed by atoms with Crippen molar-refractivity contribution in [2.45, 2.75) is 5.03 Å². The first-order valence-corrected chi connectivity index (χ1v) is 11.6. The SMILES string of the molecule is O=S(=O)(Nc1ccc(Cl)c(-c2ccc(F)cc2Cl)n1)c1cccc(N2CCNCC2)n1. The van der Waals surface area contributed by atoms with Crippen molar-refractivity contribution in [2.75, 3.05) is 35.8 Å². The van der Waals surface area contributed by atoms with Crippen molar-refractivity contribution < 1.29 is 12.8 Å². The van der Waals surface area contributed by atoms with Crippen LogP contribution in [-0.2, 0) is 10.0 Å². The molecule has 4 rings (SSSR count). The van der Waals surface area contributed by atoms with Crippen LogP contribution in [0, 0.1) is 5.82 Å². The summed E-state index contributed by atoms with van der Waals surface area (Å²) in [4.78, 5) is 10.6. The third kappa shape index (κ3) is 4.90. The van der Waals surface area contributed by atoms with Crippen molar-refractivity contribution >= 4 is 44.9 Å². The van der Waals surface area contributed by atoms with Gasteiger partial charge in [-0.1, -0.05) is 29.3 Å². The van der Waals surface area contributed by atoms with Gasteiger partial charge in [0.25, 0.3) is 10.0 Å². The van der Waals surface area contributed by atoms with E-state index in [0.717, 1.165) is 32.2 Å². The van der Waals surface area contributed by atoms with Gasteiger partial charge in [-0.15, -0.1) is 0 Å². The Morgan fingerprint density at radius 2 is 1.77 bits per heavy atom. The minimum Gasteiger partial charge on any atom is -0.354 e. The molecule has 1 aliphatic heterocycles. The Hall–Kier alpha value is -2.46. The zero-order chi connectivity index (χ0) is 22.0. The van der Waals surface area contributed by atoms with Gasteiger partial charge in [-0.05, 0) is 42.5 Å². The van der Waals surface area contributed by atoms with E-state index in [0.29, 0.717) is 11.4 Å². The van der Waals surface area contributed by atoms with Crippen molar-refractivity contribution in [3.8, 4) is 11.3 Å². The fourth-order valence-electron chi connectivity index (χ4n) is 3.18. The molecule has 0 unspecified atom stereocenters. The number of anilines is 2. The van der Waals surface area contributed by atoms with Gasteiger partial charge in [0, 0.05) is 31.7 Å². The molecule has 3 heterocycles. The van der Waals surface area contributed by atoms with E-state index in [1.54, 1.807) is 12.1 Å². The number of piperazine rings is 1. The van der Waals surface area contributed by atoms with Crippen molar-refractivity contribution in [2.24, 2.45) is 0 Å². The average Bonchev–Trinajstić information content (AvgIpc) is 2.76. The fourth-order valence-corrected chi connectivity index (χ4v) is 4.61. The number of aromatic nitrogens is 2. The van der Waals surface area contributed by atoms with Crippen LogP contribution < -0.4 is 14.9 Å². The molecule has 0 spiro atoms. The molecule has 0 amide bonds. The molecule has 1 aromatic carbocycles. The second-order valence-corrected chi connectivity index (χ2v) is 9.27. The van der Waals surface area contributed by atoms with Gasteiger partial charge in [0.15, 0.2) is 5.03 Å². The summed E-state index contributed by atoms with van der Waals surface area (Å²) < 4.78 is 41.7. The first kappa shape index (κ1) is 21.8. The molecule has 2 N–H and O–H groups in total. The molecule has 1 saturated heterocycles. The van der Waals surface area contributed by atoms with Crippen LogP contribution >= 0.6 is 23.2 Å². The first-order valence-electron chi connectivity index (χ1n) is 9.41. The fraction of sp³-hybridized carbons (Fsp3) is 0.200. The summed E-state index contributed by atoms with van der Waals surface area (Å²) in [5, 5.41) is 3.48. The third-order valence-electron chi connectivity index (χ3n) is 4.70. The molecular formula is C20H18Cl2FN5O2S. The Balaban J connectivity index is 1.63. The number of pyridine rings is 2. The molecule has 1 aliphatic rings. The van der Waals surface area contributed by atoms with Gasteiger partial charge in [0.1, 0.15) is 17.5 Å². The van der Waals surface area contributed by atoms with Crippen LogP contribution in [0.4, 0.5) is 16.0 Å². The molecule has 31 heavy (non-hydrogen) atoms. The van der Waals surface area contributed by atoms with Crippen molar-refractivity contribution in [1.29, 1.82) is 0 Å². The van der Waals surface area contributed by atoms with Gasteiger partial charge in [-0.3, -0.25) is 4.72 Å². The first-order chi connectivity index (χ1) is 14.8. The quantitative estimate of drug-likeness (QED) is 0.576. The lowest BCUT2D eigenvalue weighted by Crippen LogP contribution is -2.44. The molecular weight excluding hydrogens is 464 g/mol. The standard InChI is InChI=1S/C20H18Cl2FN5O2S/c21-15-6-7-17(25-20(15)14-5-4-13(23)12-16(14)22)27-31(29,30)19-3-1-2-18(26-19)28-10-8-24-9-11-28/h1-7,12,24H,8-11H2,(H,25,27). The van der Waals surface area contributed by atoms with Crippen LogP contribution in [-0.4, -0.2) is 44.6 Å². The molecule has 0 saturated carbocycles. The van der Waals surface area contributed by atoms with E-state index < -0.39 is 15.8 Å². The van der Waals surface area contributed by atoms with E-state index in [2.05, 4.69) is 20.0 Å². The number of halogens is 3. The number of sulfonamides is 1. The molecule has 0 bridgehead atoms. The Morgan fingerprint density at radius 3 is 2.52 bits per heavy atom. The zero-order valence-corrected chi connectivity index (χ0v) is 18.5. The van der Waals surface area contributed by atoms with Gasteiger partial charge in [0.05, 0.1) is 15.7 Å². The van der Waals surface area contributed by atoms with Crippen molar-refractivity contribution in [3.63, 3.8) is 0 Å². The van der Waals surface area contributed by atoms with Gasteiger partial charge in [-0.2, -0.15) is 8.42 Å². The topological polar surface area (TPSA) is 87.2 Å². The van der Waals surface area contributed by atoms with E-state index >= 15 is 0 Å². The molecule has 11 heteroatoms. The average molecular weight is 482 g/mol. The van der Waals surface area contributed by atoms with E-state index in [1.807, 2.05) is 4.90 Å². The van der Waals surface area contributed by atoms with Crippen LogP contribution in [0.5, 0.6) is 0 Å². The Morgan fingerprint density at radius 1 is 1.00 bits per heavy atom. The van der Waals surface area contributed by atoms with Gasteiger partial charge in [0.2, 0.25) is 0 Å². The van der Waals surface area contributed by atoms with Crippen LogP contribution in [0.25, 0.3) is 11.3 Å². The predicted molar refractivity (Wildman–Crippen MR) is 120 cm³/mol. The summed E-state index contributed by atoms with van der Waals surface area (Å²) in [5.74, 6) is 0.124. The maximum atomic E-state index is 13.4. The molecule has 7 nitrogen and oxygen atoms in total. The highest BCUT2D eigenvalue weighted by atomic mass is 35.5. The Kier molecular flexibility index (Phi) is 6.29. The lowest BCUT2D eigenvalue weighted by atomic mass is 10.1. The largest absolute Gasteiger partial charge is 0.354 e.